The molecule has 5 nitrogen and oxygen atoms in total. The highest BCUT2D eigenvalue weighted by Gasteiger charge is 2.12. The molecule has 1 saturated heterocycles. The Labute approximate surface area is 159 Å². The molecule has 0 saturated carbocycles. The number of nitrogens with zero attached hydrogens (tertiary/aromatic N) is 3. The molecule has 0 spiro atoms. The van der Waals surface area contributed by atoms with Gasteiger partial charge in [-0.2, -0.15) is 0 Å². The largest absolute Gasteiger partial charge is 0.357 e. The van der Waals surface area contributed by atoms with Crippen LogP contribution in [0.3, 0.4) is 0 Å². The zero-order valence-electron chi connectivity index (χ0n) is 15.4. The first-order valence-corrected chi connectivity index (χ1v) is 9.59. The molecule has 1 aromatic carbocycles. The van der Waals surface area contributed by atoms with Crippen molar-refractivity contribution in [2.75, 3.05) is 18.0 Å². The Morgan fingerprint density at radius 2 is 1.85 bits per heavy atom. The molecule has 3 heterocycles. The van der Waals surface area contributed by atoms with Gasteiger partial charge in [0.05, 0.1) is 11.9 Å². The fraction of sp³-hybridized carbons (Fsp3) is 0.318. The van der Waals surface area contributed by atoms with Gasteiger partial charge in [0, 0.05) is 37.4 Å². The molecular formula is C22H24N4O. The number of nitrogens with one attached hydrogen (secondary N) is 1. The van der Waals surface area contributed by atoms with Gasteiger partial charge in [-0.15, -0.1) is 0 Å². The van der Waals surface area contributed by atoms with E-state index >= 15 is 0 Å². The predicted molar refractivity (Wildman–Crippen MR) is 108 cm³/mol. The van der Waals surface area contributed by atoms with Crippen LogP contribution in [-0.4, -0.2) is 29.0 Å². The lowest BCUT2D eigenvalue weighted by Gasteiger charge is -2.27. The first kappa shape index (κ1) is 17.5. The zero-order chi connectivity index (χ0) is 18.5. The van der Waals surface area contributed by atoms with Crippen LogP contribution < -0.4 is 10.2 Å². The second-order valence-electron chi connectivity index (χ2n) is 7.02. The van der Waals surface area contributed by atoms with Crippen molar-refractivity contribution in [2.24, 2.45) is 0 Å². The molecule has 0 radical (unpaired) electrons. The van der Waals surface area contributed by atoms with E-state index in [1.165, 1.54) is 19.3 Å². The standard InChI is InChI=1S/C22H24N4O/c27-21(14-19-7-4-6-18-8-5-11-23-22(18)19)25-16-17-9-10-20(24-15-17)26-12-2-1-3-13-26/h4-11,15H,1-3,12-14,16H2,(H,25,27). The minimum atomic E-state index is -0.00624. The van der Waals surface area contributed by atoms with Gasteiger partial charge in [-0.1, -0.05) is 30.3 Å². The zero-order valence-corrected chi connectivity index (χ0v) is 15.4. The Hall–Kier alpha value is -2.95. The molecule has 27 heavy (non-hydrogen) atoms. The molecule has 0 bridgehead atoms. The molecular weight excluding hydrogens is 336 g/mol. The van der Waals surface area contributed by atoms with Crippen molar-refractivity contribution in [2.45, 2.75) is 32.2 Å². The molecule has 1 aliphatic heterocycles. The summed E-state index contributed by atoms with van der Waals surface area (Å²) < 4.78 is 0. The number of amides is 1. The first-order chi connectivity index (χ1) is 13.3. The summed E-state index contributed by atoms with van der Waals surface area (Å²) in [4.78, 5) is 23.7. The third kappa shape index (κ3) is 4.25. The third-order valence-electron chi connectivity index (χ3n) is 5.05. The summed E-state index contributed by atoms with van der Waals surface area (Å²) in [5.41, 5.74) is 2.85. The van der Waals surface area contributed by atoms with E-state index in [0.717, 1.165) is 40.9 Å². The van der Waals surface area contributed by atoms with Gasteiger partial charge in [0.1, 0.15) is 5.82 Å². The maximum atomic E-state index is 12.4. The van der Waals surface area contributed by atoms with Crippen molar-refractivity contribution in [3.63, 3.8) is 0 Å². The van der Waals surface area contributed by atoms with Gasteiger partial charge >= 0.3 is 0 Å². The highest BCUT2D eigenvalue weighted by molar-refractivity contribution is 5.87. The minimum Gasteiger partial charge on any atom is -0.357 e. The Morgan fingerprint density at radius 3 is 2.67 bits per heavy atom. The van der Waals surface area contributed by atoms with E-state index in [4.69, 9.17) is 0 Å². The molecule has 1 amide bonds. The number of carbonyl (C=O) groups excluding carboxylic acids is 1. The van der Waals surface area contributed by atoms with E-state index in [1.54, 1.807) is 6.20 Å². The van der Waals surface area contributed by atoms with Gasteiger partial charge in [0.25, 0.3) is 0 Å². The van der Waals surface area contributed by atoms with Crippen molar-refractivity contribution in [3.8, 4) is 0 Å². The number of pyridine rings is 2. The number of rotatable bonds is 5. The van der Waals surface area contributed by atoms with Crippen LogP contribution in [-0.2, 0) is 17.8 Å². The summed E-state index contributed by atoms with van der Waals surface area (Å²) in [5, 5.41) is 4.05. The van der Waals surface area contributed by atoms with Crippen molar-refractivity contribution in [1.82, 2.24) is 15.3 Å². The fourth-order valence-electron chi connectivity index (χ4n) is 3.58. The number of aromatic nitrogens is 2. The van der Waals surface area contributed by atoms with Crippen molar-refractivity contribution >= 4 is 22.6 Å². The third-order valence-corrected chi connectivity index (χ3v) is 5.05. The Kier molecular flexibility index (Phi) is 5.28. The number of para-hydroxylation sites is 1. The van der Waals surface area contributed by atoms with E-state index in [0.29, 0.717) is 13.0 Å². The van der Waals surface area contributed by atoms with E-state index in [9.17, 15) is 4.79 Å². The molecule has 3 aromatic rings. The minimum absolute atomic E-state index is 0.00624. The molecule has 0 atom stereocenters. The summed E-state index contributed by atoms with van der Waals surface area (Å²) in [6, 6.07) is 14.0. The van der Waals surface area contributed by atoms with Crippen molar-refractivity contribution in [3.05, 3.63) is 66.0 Å². The van der Waals surface area contributed by atoms with Gasteiger partial charge in [-0.05, 0) is 42.5 Å². The fourth-order valence-corrected chi connectivity index (χ4v) is 3.58. The lowest BCUT2D eigenvalue weighted by Crippen LogP contribution is -2.30. The molecule has 4 rings (SSSR count). The predicted octanol–water partition coefficient (Wildman–Crippen LogP) is 3.48. The van der Waals surface area contributed by atoms with Crippen LogP contribution in [0.15, 0.2) is 54.9 Å². The number of hydrogen-bond acceptors (Lipinski definition) is 4. The number of hydrogen-bond donors (Lipinski definition) is 1. The SMILES string of the molecule is O=C(Cc1cccc2cccnc12)NCc1ccc(N2CCCCC2)nc1. The summed E-state index contributed by atoms with van der Waals surface area (Å²) >= 11 is 0. The van der Waals surface area contributed by atoms with Crippen molar-refractivity contribution < 1.29 is 4.79 Å². The number of piperidine rings is 1. The van der Waals surface area contributed by atoms with E-state index in [2.05, 4.69) is 32.3 Å². The molecule has 1 N–H and O–H groups in total. The number of anilines is 1. The van der Waals surface area contributed by atoms with Crippen LogP contribution in [0.2, 0.25) is 0 Å². The van der Waals surface area contributed by atoms with E-state index < -0.39 is 0 Å². The molecule has 2 aromatic heterocycles. The van der Waals surface area contributed by atoms with Crippen LogP contribution in [0, 0.1) is 0 Å². The summed E-state index contributed by atoms with van der Waals surface area (Å²) in [7, 11) is 0. The normalized spacial score (nSPS) is 14.3. The maximum absolute atomic E-state index is 12.4. The number of fused-ring (bicyclic) bond motifs is 1. The van der Waals surface area contributed by atoms with E-state index in [-0.39, 0.29) is 5.91 Å². The van der Waals surface area contributed by atoms with Crippen molar-refractivity contribution in [1.29, 1.82) is 0 Å². The van der Waals surface area contributed by atoms with Gasteiger partial charge in [-0.25, -0.2) is 4.98 Å². The van der Waals surface area contributed by atoms with Crippen LogP contribution in [0.1, 0.15) is 30.4 Å². The highest BCUT2D eigenvalue weighted by Crippen LogP contribution is 2.18. The molecule has 1 aliphatic rings. The summed E-state index contributed by atoms with van der Waals surface area (Å²) in [5.74, 6) is 1.03. The summed E-state index contributed by atoms with van der Waals surface area (Å²) in [6.07, 6.45) is 7.74. The molecule has 1 fully saturated rings. The van der Waals surface area contributed by atoms with Crippen LogP contribution in [0.25, 0.3) is 10.9 Å². The first-order valence-electron chi connectivity index (χ1n) is 9.59. The molecule has 138 valence electrons. The Morgan fingerprint density at radius 1 is 1.00 bits per heavy atom. The lowest BCUT2D eigenvalue weighted by molar-refractivity contribution is -0.120. The second-order valence-corrected chi connectivity index (χ2v) is 7.02. The summed E-state index contributed by atoms with van der Waals surface area (Å²) in [6.45, 7) is 2.66. The topological polar surface area (TPSA) is 58.1 Å². The smallest absolute Gasteiger partial charge is 0.224 e. The highest BCUT2D eigenvalue weighted by atomic mass is 16.1. The van der Waals surface area contributed by atoms with E-state index in [1.807, 2.05) is 36.5 Å². The number of carbonyl (C=O) groups is 1. The van der Waals surface area contributed by atoms with Gasteiger partial charge in [-0.3, -0.25) is 9.78 Å². The van der Waals surface area contributed by atoms with Crippen LogP contribution >= 0.6 is 0 Å². The van der Waals surface area contributed by atoms with Gasteiger partial charge in [0.2, 0.25) is 5.91 Å². The molecule has 5 heteroatoms. The van der Waals surface area contributed by atoms with Gasteiger partial charge in [0.15, 0.2) is 0 Å². The average Bonchev–Trinajstić information content (AvgIpc) is 2.74. The number of benzene rings is 1. The van der Waals surface area contributed by atoms with Gasteiger partial charge < -0.3 is 10.2 Å². The Bertz CT molecular complexity index is 912. The van der Waals surface area contributed by atoms with Crippen LogP contribution in [0.4, 0.5) is 5.82 Å². The second kappa shape index (κ2) is 8.16. The van der Waals surface area contributed by atoms with Crippen LogP contribution in [0.5, 0.6) is 0 Å². The monoisotopic (exact) mass is 360 g/mol. The average molecular weight is 360 g/mol. The Balaban J connectivity index is 1.35. The maximum Gasteiger partial charge on any atom is 0.224 e. The molecule has 0 aliphatic carbocycles. The molecule has 0 unspecified atom stereocenters. The lowest BCUT2D eigenvalue weighted by atomic mass is 10.1. The quantitative estimate of drug-likeness (QED) is 0.757.